The molecule has 31 heavy (non-hydrogen) atoms. The van der Waals surface area contributed by atoms with Gasteiger partial charge in [0.25, 0.3) is 0 Å². The minimum Gasteiger partial charge on any atom is -0.497 e. The number of ether oxygens (including phenoxy) is 3. The molecule has 3 rings (SSSR count). The van der Waals surface area contributed by atoms with Crippen molar-refractivity contribution in [1.29, 1.82) is 0 Å². The Morgan fingerprint density at radius 3 is 2.06 bits per heavy atom. The van der Waals surface area contributed by atoms with Gasteiger partial charge in [-0.2, -0.15) is 0 Å². The summed E-state index contributed by atoms with van der Waals surface area (Å²) in [6.45, 7) is 3.87. The predicted octanol–water partition coefficient (Wildman–Crippen LogP) is 4.38. The molecule has 0 aliphatic heterocycles. The van der Waals surface area contributed by atoms with Gasteiger partial charge in [-0.1, -0.05) is 35.4 Å². The van der Waals surface area contributed by atoms with Gasteiger partial charge in [-0.3, -0.25) is 4.79 Å². The smallest absolute Gasteiger partial charge is 0.336 e. The third kappa shape index (κ3) is 4.63. The summed E-state index contributed by atoms with van der Waals surface area (Å²) in [4.78, 5) is 25.7. The van der Waals surface area contributed by atoms with E-state index in [0.29, 0.717) is 17.0 Å². The van der Waals surface area contributed by atoms with Gasteiger partial charge in [-0.15, -0.1) is 0 Å². The summed E-state index contributed by atoms with van der Waals surface area (Å²) < 4.78 is 15.5. The lowest BCUT2D eigenvalue weighted by atomic mass is 9.72. The van der Waals surface area contributed by atoms with Crippen molar-refractivity contribution in [3.63, 3.8) is 0 Å². The van der Waals surface area contributed by atoms with Gasteiger partial charge in [-0.05, 0) is 49.8 Å². The zero-order valence-corrected chi connectivity index (χ0v) is 18.4. The first kappa shape index (κ1) is 22.2. The van der Waals surface area contributed by atoms with Crippen LogP contribution in [0.25, 0.3) is 0 Å². The summed E-state index contributed by atoms with van der Waals surface area (Å²) >= 11 is 0. The van der Waals surface area contributed by atoms with E-state index in [-0.39, 0.29) is 0 Å². The van der Waals surface area contributed by atoms with Crippen molar-refractivity contribution in [3.8, 4) is 5.75 Å². The number of carbonyl (C=O) groups excluding carboxylic acids is 2. The first-order chi connectivity index (χ1) is 14.9. The van der Waals surface area contributed by atoms with E-state index in [2.05, 4.69) is 5.32 Å². The van der Waals surface area contributed by atoms with Crippen LogP contribution >= 0.6 is 0 Å². The van der Waals surface area contributed by atoms with Crippen molar-refractivity contribution in [3.05, 3.63) is 82.6 Å². The Bertz CT molecular complexity index is 1020. The van der Waals surface area contributed by atoms with Gasteiger partial charge in [0.2, 0.25) is 0 Å². The van der Waals surface area contributed by atoms with E-state index in [1.54, 1.807) is 19.2 Å². The molecule has 0 radical (unpaired) electrons. The van der Waals surface area contributed by atoms with Gasteiger partial charge in [0.1, 0.15) is 5.75 Å². The molecule has 6 nitrogen and oxygen atoms in total. The van der Waals surface area contributed by atoms with E-state index in [1.165, 1.54) is 14.2 Å². The van der Waals surface area contributed by atoms with Crippen LogP contribution in [0.2, 0.25) is 0 Å². The fourth-order valence-electron chi connectivity index (χ4n) is 3.85. The van der Waals surface area contributed by atoms with Crippen LogP contribution in [0.4, 0.5) is 5.69 Å². The van der Waals surface area contributed by atoms with Crippen LogP contribution < -0.4 is 10.1 Å². The summed E-state index contributed by atoms with van der Waals surface area (Å²) in [6.07, 6.45) is 1.81. The van der Waals surface area contributed by atoms with Crippen LogP contribution in [0.5, 0.6) is 5.75 Å². The maximum absolute atomic E-state index is 13.0. The van der Waals surface area contributed by atoms with Gasteiger partial charge >= 0.3 is 11.9 Å². The Kier molecular flexibility index (Phi) is 6.80. The van der Waals surface area contributed by atoms with Gasteiger partial charge in [-0.25, -0.2) is 4.79 Å². The van der Waals surface area contributed by atoms with Crippen molar-refractivity contribution < 1.29 is 23.8 Å². The van der Waals surface area contributed by atoms with Crippen molar-refractivity contribution in [2.24, 2.45) is 5.92 Å². The van der Waals surface area contributed by atoms with Crippen LogP contribution in [0.15, 0.2) is 71.5 Å². The zero-order chi connectivity index (χ0) is 22.5. The number of nitrogens with one attached hydrogen (secondary N) is 1. The number of benzene rings is 2. The Hall–Kier alpha value is -3.54. The first-order valence-corrected chi connectivity index (χ1v) is 9.95. The average Bonchev–Trinajstić information content (AvgIpc) is 2.79. The van der Waals surface area contributed by atoms with Crippen molar-refractivity contribution in [2.75, 3.05) is 26.6 Å². The molecule has 0 spiro atoms. The quantitative estimate of drug-likeness (QED) is 0.698. The minimum atomic E-state index is -0.656. The standard InChI is InChI=1S/C25H27NO5/c1-15-6-10-18(11-7-15)26-20-14-16(2)21(24(27)30-4)22(23(20)25(28)31-5)17-8-12-19(29-3)13-9-17/h6-14,21-22,26H,1-5H3/t21-,22+/m0/s1. The van der Waals surface area contributed by atoms with Gasteiger partial charge in [0, 0.05) is 17.3 Å². The molecular weight excluding hydrogens is 394 g/mol. The number of hydrogen-bond acceptors (Lipinski definition) is 6. The van der Waals surface area contributed by atoms with E-state index < -0.39 is 23.8 Å². The zero-order valence-electron chi connectivity index (χ0n) is 18.4. The van der Waals surface area contributed by atoms with Crippen LogP contribution in [0, 0.1) is 12.8 Å². The normalized spacial score (nSPS) is 18.2. The molecule has 1 N–H and O–H groups in total. The number of anilines is 1. The number of rotatable bonds is 6. The molecule has 0 saturated heterocycles. The van der Waals surface area contributed by atoms with Gasteiger partial charge in [0.15, 0.2) is 0 Å². The molecule has 2 atom stereocenters. The molecular formula is C25H27NO5. The number of esters is 2. The number of carbonyl (C=O) groups is 2. The highest BCUT2D eigenvalue weighted by Gasteiger charge is 2.41. The largest absolute Gasteiger partial charge is 0.497 e. The minimum absolute atomic E-state index is 0.370. The Morgan fingerprint density at radius 1 is 0.871 bits per heavy atom. The van der Waals surface area contributed by atoms with Gasteiger partial charge in [0.05, 0.1) is 32.8 Å². The van der Waals surface area contributed by atoms with Crippen molar-refractivity contribution >= 4 is 17.6 Å². The molecule has 162 valence electrons. The van der Waals surface area contributed by atoms with Crippen molar-refractivity contribution in [2.45, 2.75) is 19.8 Å². The predicted molar refractivity (Wildman–Crippen MR) is 119 cm³/mol. The maximum Gasteiger partial charge on any atom is 0.336 e. The lowest BCUT2D eigenvalue weighted by Crippen LogP contribution is -2.33. The maximum atomic E-state index is 13.0. The monoisotopic (exact) mass is 421 g/mol. The second-order valence-electron chi connectivity index (χ2n) is 7.45. The average molecular weight is 421 g/mol. The molecule has 6 heteroatoms. The number of hydrogen-bond donors (Lipinski definition) is 1. The fourth-order valence-corrected chi connectivity index (χ4v) is 3.85. The molecule has 0 heterocycles. The number of methoxy groups -OCH3 is 3. The van der Waals surface area contributed by atoms with Crippen LogP contribution in [-0.4, -0.2) is 33.3 Å². The molecule has 0 bridgehead atoms. The van der Waals surface area contributed by atoms with E-state index in [4.69, 9.17) is 14.2 Å². The first-order valence-electron chi connectivity index (χ1n) is 9.95. The van der Waals surface area contributed by atoms with Crippen LogP contribution in [-0.2, 0) is 19.1 Å². The molecule has 1 aliphatic rings. The van der Waals surface area contributed by atoms with Crippen molar-refractivity contribution in [1.82, 2.24) is 0 Å². The fraction of sp³-hybridized carbons (Fsp3) is 0.280. The number of allylic oxidation sites excluding steroid dienone is 1. The Morgan fingerprint density at radius 2 is 1.52 bits per heavy atom. The summed E-state index contributed by atoms with van der Waals surface area (Å²) in [5.41, 5.74) is 4.49. The van der Waals surface area contributed by atoms with Crippen LogP contribution in [0.3, 0.4) is 0 Å². The van der Waals surface area contributed by atoms with Gasteiger partial charge < -0.3 is 19.5 Å². The molecule has 0 aromatic heterocycles. The Balaban J connectivity index is 2.18. The van der Waals surface area contributed by atoms with E-state index in [1.807, 2.05) is 56.3 Å². The highest BCUT2D eigenvalue weighted by Crippen LogP contribution is 2.43. The second kappa shape index (κ2) is 9.51. The van der Waals surface area contributed by atoms with E-state index >= 15 is 0 Å². The molecule has 2 aromatic carbocycles. The highest BCUT2D eigenvalue weighted by atomic mass is 16.5. The Labute approximate surface area is 182 Å². The molecule has 0 unspecified atom stereocenters. The third-order valence-electron chi connectivity index (χ3n) is 5.46. The summed E-state index contributed by atoms with van der Waals surface area (Å²) in [7, 11) is 4.27. The molecule has 1 aliphatic carbocycles. The highest BCUT2D eigenvalue weighted by molar-refractivity contribution is 5.95. The molecule has 0 amide bonds. The van der Waals surface area contributed by atoms with E-state index in [0.717, 1.165) is 22.4 Å². The van der Waals surface area contributed by atoms with Crippen LogP contribution in [0.1, 0.15) is 24.0 Å². The summed E-state index contributed by atoms with van der Waals surface area (Å²) in [5, 5.41) is 3.33. The molecule has 0 saturated carbocycles. The topological polar surface area (TPSA) is 73.9 Å². The number of aryl methyl sites for hydroxylation is 1. The van der Waals surface area contributed by atoms with E-state index in [9.17, 15) is 9.59 Å². The molecule has 0 fully saturated rings. The second-order valence-corrected chi connectivity index (χ2v) is 7.45. The third-order valence-corrected chi connectivity index (χ3v) is 5.46. The molecule has 2 aromatic rings. The SMILES string of the molecule is COC(=O)C1=C(Nc2ccc(C)cc2)C=C(C)[C@H](C(=O)OC)[C@H]1c1ccc(OC)cc1. The summed E-state index contributed by atoms with van der Waals surface area (Å²) in [6, 6.07) is 15.2. The lowest BCUT2D eigenvalue weighted by molar-refractivity contribution is -0.144. The summed E-state index contributed by atoms with van der Waals surface area (Å²) in [5.74, 6) is -1.47. The lowest BCUT2D eigenvalue weighted by Gasteiger charge is -2.33.